The Morgan fingerprint density at radius 2 is 2.23 bits per heavy atom. The molecule has 1 aromatic heterocycles. The molecule has 2 aliphatic rings. The van der Waals surface area contributed by atoms with Crippen LogP contribution in [0.2, 0.25) is 0 Å². The Labute approximate surface area is 131 Å². The van der Waals surface area contributed by atoms with Gasteiger partial charge in [0.15, 0.2) is 0 Å². The minimum Gasteiger partial charge on any atom is -0.378 e. The summed E-state index contributed by atoms with van der Waals surface area (Å²) in [6.45, 7) is 1.30. The minimum atomic E-state index is -3.32. The third-order valence-electron chi connectivity index (χ3n) is 4.21. The highest BCUT2D eigenvalue weighted by molar-refractivity contribution is 7.89. The van der Waals surface area contributed by atoms with Crippen LogP contribution in [-0.2, 0) is 26.5 Å². The number of aromatic nitrogens is 2. The maximum absolute atomic E-state index is 12.3. The number of rotatable bonds is 6. The van der Waals surface area contributed by atoms with E-state index in [1.807, 2.05) is 13.2 Å². The molecular formula is C14H23N3O4S. The van der Waals surface area contributed by atoms with Gasteiger partial charge in [0.05, 0.1) is 24.1 Å². The highest BCUT2D eigenvalue weighted by Crippen LogP contribution is 2.29. The smallest absolute Gasteiger partial charge is 0.212 e. The topological polar surface area (TPSA) is 82.5 Å². The van der Waals surface area contributed by atoms with Gasteiger partial charge in [-0.3, -0.25) is 4.68 Å². The van der Waals surface area contributed by atoms with Crippen LogP contribution in [0.15, 0.2) is 12.4 Å². The SMILES string of the molecule is Cn1cc([C@H]2OCC[C@@H]2NS(=O)(=O)CCC2CCCO2)cn1. The fourth-order valence-corrected chi connectivity index (χ4v) is 4.47. The monoisotopic (exact) mass is 329 g/mol. The Balaban J connectivity index is 1.58. The number of ether oxygens (including phenoxy) is 2. The lowest BCUT2D eigenvalue weighted by Gasteiger charge is -2.19. The standard InChI is InChI=1S/C14H23N3O4S/c1-17-10-11(9-15-17)14-13(4-7-21-14)16-22(18,19)8-5-12-3-2-6-20-12/h9-10,12-14,16H,2-8H2,1H3/t12?,13-,14+/m0/s1. The lowest BCUT2D eigenvalue weighted by Crippen LogP contribution is -2.38. The summed E-state index contributed by atoms with van der Waals surface area (Å²) in [5.74, 6) is 0.105. The van der Waals surface area contributed by atoms with Crippen LogP contribution in [0.1, 0.15) is 37.4 Å². The van der Waals surface area contributed by atoms with E-state index in [0.717, 1.165) is 25.0 Å². The van der Waals surface area contributed by atoms with Crippen molar-refractivity contribution in [1.29, 1.82) is 0 Å². The molecule has 0 radical (unpaired) electrons. The molecule has 3 atom stereocenters. The molecule has 2 aliphatic heterocycles. The van der Waals surface area contributed by atoms with Crippen molar-refractivity contribution in [2.24, 2.45) is 7.05 Å². The molecule has 0 aliphatic carbocycles. The van der Waals surface area contributed by atoms with E-state index >= 15 is 0 Å². The number of hydrogen-bond acceptors (Lipinski definition) is 5. The highest BCUT2D eigenvalue weighted by Gasteiger charge is 2.33. The molecule has 0 spiro atoms. The van der Waals surface area contributed by atoms with Gasteiger partial charge in [-0.05, 0) is 25.7 Å². The molecular weight excluding hydrogens is 306 g/mol. The molecule has 2 saturated heterocycles. The normalized spacial score (nSPS) is 29.2. The quantitative estimate of drug-likeness (QED) is 0.832. The molecule has 0 bridgehead atoms. The second-order valence-electron chi connectivity index (χ2n) is 5.99. The van der Waals surface area contributed by atoms with Crippen molar-refractivity contribution in [2.75, 3.05) is 19.0 Å². The van der Waals surface area contributed by atoms with Crippen molar-refractivity contribution in [3.63, 3.8) is 0 Å². The summed E-state index contributed by atoms with van der Waals surface area (Å²) < 4.78 is 40.2. The molecule has 0 amide bonds. The van der Waals surface area contributed by atoms with Crippen molar-refractivity contribution in [3.8, 4) is 0 Å². The maximum atomic E-state index is 12.3. The Bertz CT molecular complexity index is 595. The number of aryl methyl sites for hydroxylation is 1. The fraction of sp³-hybridized carbons (Fsp3) is 0.786. The predicted octanol–water partition coefficient (Wildman–Crippen LogP) is 0.739. The van der Waals surface area contributed by atoms with E-state index in [2.05, 4.69) is 9.82 Å². The maximum Gasteiger partial charge on any atom is 0.212 e. The first-order valence-electron chi connectivity index (χ1n) is 7.75. The average Bonchev–Trinajstić information content (AvgIpc) is 3.17. The molecule has 2 fully saturated rings. The van der Waals surface area contributed by atoms with Gasteiger partial charge in [0.2, 0.25) is 10.0 Å². The Kier molecular flexibility index (Phi) is 4.82. The zero-order valence-corrected chi connectivity index (χ0v) is 13.6. The van der Waals surface area contributed by atoms with E-state index in [4.69, 9.17) is 9.47 Å². The zero-order valence-electron chi connectivity index (χ0n) is 12.8. The van der Waals surface area contributed by atoms with Crippen LogP contribution in [0.5, 0.6) is 0 Å². The summed E-state index contributed by atoms with van der Waals surface area (Å²) in [6, 6.07) is -0.223. The highest BCUT2D eigenvalue weighted by atomic mass is 32.2. The lowest BCUT2D eigenvalue weighted by molar-refractivity contribution is 0.102. The second-order valence-corrected chi connectivity index (χ2v) is 7.87. The first-order valence-corrected chi connectivity index (χ1v) is 9.40. The molecule has 1 N–H and O–H groups in total. The van der Waals surface area contributed by atoms with Crippen LogP contribution in [0.3, 0.4) is 0 Å². The third kappa shape index (κ3) is 3.87. The van der Waals surface area contributed by atoms with Gasteiger partial charge in [0.1, 0.15) is 6.10 Å². The Morgan fingerprint density at radius 1 is 1.36 bits per heavy atom. The van der Waals surface area contributed by atoms with Crippen molar-refractivity contribution in [2.45, 2.75) is 43.9 Å². The van der Waals surface area contributed by atoms with Crippen LogP contribution in [-0.4, -0.2) is 49.3 Å². The van der Waals surface area contributed by atoms with Crippen molar-refractivity contribution >= 4 is 10.0 Å². The van der Waals surface area contributed by atoms with Crippen LogP contribution >= 0.6 is 0 Å². The van der Waals surface area contributed by atoms with Gasteiger partial charge in [-0.15, -0.1) is 0 Å². The van der Waals surface area contributed by atoms with Crippen molar-refractivity contribution < 1.29 is 17.9 Å². The van der Waals surface area contributed by atoms with Crippen LogP contribution in [0, 0.1) is 0 Å². The summed E-state index contributed by atoms with van der Waals surface area (Å²) in [6.07, 6.45) is 6.64. The summed E-state index contributed by atoms with van der Waals surface area (Å²) in [5.41, 5.74) is 0.909. The molecule has 0 aromatic carbocycles. The van der Waals surface area contributed by atoms with Gasteiger partial charge in [-0.25, -0.2) is 13.1 Å². The van der Waals surface area contributed by atoms with E-state index in [9.17, 15) is 8.42 Å². The predicted molar refractivity (Wildman–Crippen MR) is 80.8 cm³/mol. The average molecular weight is 329 g/mol. The van der Waals surface area contributed by atoms with E-state index in [0.29, 0.717) is 19.4 Å². The first kappa shape index (κ1) is 15.9. The van der Waals surface area contributed by atoms with Crippen molar-refractivity contribution in [3.05, 3.63) is 18.0 Å². The molecule has 1 unspecified atom stereocenters. The largest absolute Gasteiger partial charge is 0.378 e. The molecule has 124 valence electrons. The molecule has 8 heteroatoms. The second kappa shape index (κ2) is 6.66. The van der Waals surface area contributed by atoms with E-state index < -0.39 is 10.0 Å². The van der Waals surface area contributed by atoms with Gasteiger partial charge in [0, 0.05) is 32.0 Å². The van der Waals surface area contributed by atoms with E-state index in [-0.39, 0.29) is 24.0 Å². The number of nitrogens with one attached hydrogen (secondary N) is 1. The van der Waals surface area contributed by atoms with Gasteiger partial charge < -0.3 is 9.47 Å². The molecule has 3 heterocycles. The lowest BCUT2D eigenvalue weighted by atomic mass is 10.1. The summed E-state index contributed by atoms with van der Waals surface area (Å²) in [4.78, 5) is 0. The molecule has 1 aromatic rings. The van der Waals surface area contributed by atoms with Gasteiger partial charge in [-0.1, -0.05) is 0 Å². The molecule has 3 rings (SSSR count). The molecule has 22 heavy (non-hydrogen) atoms. The zero-order chi connectivity index (χ0) is 15.6. The number of hydrogen-bond donors (Lipinski definition) is 1. The van der Waals surface area contributed by atoms with E-state index in [1.165, 1.54) is 0 Å². The Hall–Kier alpha value is -0.960. The van der Waals surface area contributed by atoms with Gasteiger partial charge >= 0.3 is 0 Å². The van der Waals surface area contributed by atoms with Crippen LogP contribution in [0.4, 0.5) is 0 Å². The van der Waals surface area contributed by atoms with Gasteiger partial charge in [-0.2, -0.15) is 5.10 Å². The summed E-state index contributed by atoms with van der Waals surface area (Å²) in [5, 5.41) is 4.12. The van der Waals surface area contributed by atoms with E-state index in [1.54, 1.807) is 10.9 Å². The Morgan fingerprint density at radius 3 is 2.91 bits per heavy atom. The first-order chi connectivity index (χ1) is 10.5. The summed E-state index contributed by atoms with van der Waals surface area (Å²) >= 11 is 0. The number of sulfonamides is 1. The molecule has 7 nitrogen and oxygen atoms in total. The minimum absolute atomic E-state index is 0.0884. The fourth-order valence-electron chi connectivity index (χ4n) is 3.07. The number of nitrogens with zero attached hydrogens (tertiary/aromatic N) is 2. The van der Waals surface area contributed by atoms with Crippen molar-refractivity contribution in [1.82, 2.24) is 14.5 Å². The van der Waals surface area contributed by atoms with Gasteiger partial charge in [0.25, 0.3) is 0 Å². The summed E-state index contributed by atoms with van der Waals surface area (Å²) in [7, 11) is -1.49. The molecule has 0 saturated carbocycles. The van der Waals surface area contributed by atoms with Crippen LogP contribution in [0.25, 0.3) is 0 Å². The van der Waals surface area contributed by atoms with Crippen LogP contribution < -0.4 is 4.72 Å². The third-order valence-corrected chi connectivity index (χ3v) is 5.64.